The molecule has 0 radical (unpaired) electrons. The van der Waals surface area contributed by atoms with Gasteiger partial charge in [-0.15, -0.1) is 0 Å². The average Bonchev–Trinajstić information content (AvgIpc) is 3.80. The third-order valence-electron chi connectivity index (χ3n) is 9.77. The number of imidazole rings is 1. The average molecular weight is 779 g/mol. The van der Waals surface area contributed by atoms with E-state index >= 15 is 0 Å². The van der Waals surface area contributed by atoms with Crippen LogP contribution in [0, 0.1) is 12.5 Å². The number of nitrogens with one attached hydrogen (secondary N) is 3. The smallest absolute Gasteiger partial charge is 0.280 e. The molecule has 2 aromatic heterocycles. The van der Waals surface area contributed by atoms with Gasteiger partial charge in [-0.1, -0.05) is 105 Å². The van der Waals surface area contributed by atoms with Gasteiger partial charge >= 0.3 is 0 Å². The third kappa shape index (κ3) is 8.92. The van der Waals surface area contributed by atoms with Crippen LogP contribution in [-0.2, 0) is 24.1 Å². The Kier molecular flexibility index (Phi) is 13.4. The summed E-state index contributed by atoms with van der Waals surface area (Å²) in [7, 11) is -1.56. The Labute approximate surface area is 329 Å². The van der Waals surface area contributed by atoms with Crippen LogP contribution >= 0.6 is 8.53 Å². The normalized spacial score (nSPS) is 17.9. The van der Waals surface area contributed by atoms with Gasteiger partial charge in [0.25, 0.3) is 14.1 Å². The van der Waals surface area contributed by atoms with Crippen LogP contribution in [0.15, 0.2) is 102 Å². The number of aromatic amines is 1. The summed E-state index contributed by atoms with van der Waals surface area (Å²) < 4.78 is 23.9. The van der Waals surface area contributed by atoms with Crippen LogP contribution < -0.4 is 16.2 Å². The highest BCUT2D eigenvalue weighted by Crippen LogP contribution is 2.47. The van der Waals surface area contributed by atoms with Gasteiger partial charge in [-0.05, 0) is 44.4 Å². The van der Waals surface area contributed by atoms with E-state index < -0.39 is 32.0 Å². The van der Waals surface area contributed by atoms with Crippen LogP contribution in [0.4, 0.5) is 5.95 Å². The van der Waals surface area contributed by atoms with Gasteiger partial charge in [-0.25, -0.2) is 16.2 Å². The van der Waals surface area contributed by atoms with Crippen molar-refractivity contribution in [2.24, 2.45) is 5.92 Å². The number of nitrogens with zero attached hydrogens (tertiary/aromatic N) is 5. The van der Waals surface area contributed by atoms with E-state index in [1.54, 1.807) is 24.7 Å². The summed E-state index contributed by atoms with van der Waals surface area (Å²) >= 11 is 0. The molecule has 0 aliphatic carbocycles. The Morgan fingerprint density at radius 2 is 1.54 bits per heavy atom. The lowest BCUT2D eigenvalue weighted by Gasteiger charge is -2.40. The van der Waals surface area contributed by atoms with Gasteiger partial charge in [0.15, 0.2) is 11.2 Å². The van der Waals surface area contributed by atoms with E-state index in [9.17, 15) is 9.59 Å². The maximum Gasteiger partial charge on any atom is 0.280 e. The number of ether oxygens (including phenoxy) is 1. The van der Waals surface area contributed by atoms with Gasteiger partial charge in [0.1, 0.15) is 12.8 Å². The number of aromatic nitrogens is 4. The molecule has 1 fully saturated rings. The Bertz CT molecular complexity index is 2030. The van der Waals surface area contributed by atoms with Crippen molar-refractivity contribution in [2.75, 3.05) is 25.1 Å². The molecule has 14 heteroatoms. The lowest BCUT2D eigenvalue weighted by Crippen LogP contribution is -2.53. The molecule has 3 heterocycles. The number of carbonyl (C=O) groups excluding carboxylic acids is 1. The van der Waals surface area contributed by atoms with Crippen molar-refractivity contribution in [1.82, 2.24) is 29.5 Å². The molecule has 1 aliphatic heterocycles. The molecule has 0 spiro atoms. The minimum absolute atomic E-state index is 0.0384. The zero-order valence-electron chi connectivity index (χ0n) is 32.8. The molecule has 6 rings (SSSR count). The van der Waals surface area contributed by atoms with Gasteiger partial charge < -0.3 is 18.6 Å². The number of hydrogen-bond acceptors (Lipinski definition) is 9. The molecule has 5 aromatic rings. The van der Waals surface area contributed by atoms with Crippen molar-refractivity contribution in [3.8, 4) is 0 Å². The Hall–Kier alpha value is -4.80. The SMILES string of the molecule is [C-]#[N+]CCOP(OC[C@H]1O[C@@H](n2cnc3c(=O)[nH]c(NC(=O)C(C)C)nc32)C[C@@H]1NC(c1ccccc1)(c1ccccc1)c1ccccc1)N(C(C)C)C(C)C. The van der Waals surface area contributed by atoms with E-state index in [4.69, 9.17) is 20.4 Å². The monoisotopic (exact) mass is 778 g/mol. The van der Waals surface area contributed by atoms with Crippen molar-refractivity contribution in [3.05, 3.63) is 136 Å². The fourth-order valence-corrected chi connectivity index (χ4v) is 8.81. The topological polar surface area (TPSA) is 140 Å². The first kappa shape index (κ1) is 40.9. The summed E-state index contributed by atoms with van der Waals surface area (Å²) in [5, 5.41) is 6.82. The Balaban J connectivity index is 1.44. The predicted molar refractivity (Wildman–Crippen MR) is 219 cm³/mol. The molecule has 1 amide bonds. The highest BCUT2D eigenvalue weighted by Gasteiger charge is 2.45. The number of carbonyl (C=O) groups is 1. The molecule has 0 saturated carbocycles. The largest absolute Gasteiger partial charge is 0.351 e. The summed E-state index contributed by atoms with van der Waals surface area (Å²) in [6.45, 7) is 19.9. The second-order valence-corrected chi connectivity index (χ2v) is 16.1. The number of fused-ring (bicyclic) bond motifs is 1. The van der Waals surface area contributed by atoms with E-state index in [1.165, 1.54) is 0 Å². The summed E-state index contributed by atoms with van der Waals surface area (Å²) in [6, 6.07) is 31.0. The van der Waals surface area contributed by atoms with Crippen LogP contribution in [-0.4, -0.2) is 74.1 Å². The molecule has 1 saturated heterocycles. The van der Waals surface area contributed by atoms with Gasteiger partial charge in [-0.2, -0.15) is 4.98 Å². The molecule has 3 N–H and O–H groups in total. The fraction of sp³-hybridized carbons (Fsp3) is 0.405. The lowest BCUT2D eigenvalue weighted by molar-refractivity contribution is -0.118. The molecule has 4 atom stereocenters. The first-order valence-electron chi connectivity index (χ1n) is 19.1. The molecular formula is C42H51N8O5P. The molecule has 3 aromatic carbocycles. The number of hydrogen-bond donors (Lipinski definition) is 3. The number of benzene rings is 3. The van der Waals surface area contributed by atoms with Gasteiger partial charge in [0.05, 0.1) is 24.6 Å². The second kappa shape index (κ2) is 18.4. The first-order chi connectivity index (χ1) is 27.0. The van der Waals surface area contributed by atoms with E-state index in [0.29, 0.717) is 6.42 Å². The second-order valence-electron chi connectivity index (χ2n) is 14.7. The van der Waals surface area contributed by atoms with Crippen molar-refractivity contribution >= 4 is 31.5 Å². The molecule has 56 heavy (non-hydrogen) atoms. The van der Waals surface area contributed by atoms with Gasteiger partial charge in [-0.3, -0.25) is 29.8 Å². The standard InChI is InChI=1S/C42H51N8O5P/c1-28(2)39(51)46-41-45-38-37(40(52)47-41)44-27-49(38)36-25-34(35(55-36)26-54-56(53-24-23-43-7)50(29(3)4)30(5)6)48-42(31-17-11-8-12-18-31,32-19-13-9-14-20-32)33-21-15-10-16-22-33/h8-22,27-30,34-36,48H,23-26H2,1-6H3,(H2,45,46,47,51,52)/t34-,35+,36+,56?/m0/s1. The van der Waals surface area contributed by atoms with Crippen molar-refractivity contribution in [3.63, 3.8) is 0 Å². The number of H-pyrrole nitrogens is 1. The lowest BCUT2D eigenvalue weighted by atomic mass is 9.76. The van der Waals surface area contributed by atoms with E-state index in [2.05, 4.69) is 99.2 Å². The number of amides is 1. The highest BCUT2D eigenvalue weighted by molar-refractivity contribution is 7.44. The van der Waals surface area contributed by atoms with E-state index in [0.717, 1.165) is 16.7 Å². The van der Waals surface area contributed by atoms with Gasteiger partial charge in [0.2, 0.25) is 18.4 Å². The van der Waals surface area contributed by atoms with E-state index in [-0.39, 0.29) is 66.8 Å². The van der Waals surface area contributed by atoms with Crippen LogP contribution in [0.3, 0.4) is 0 Å². The molecule has 13 nitrogen and oxygen atoms in total. The summed E-state index contributed by atoms with van der Waals surface area (Å²) in [5.74, 6) is -0.552. The van der Waals surface area contributed by atoms with Crippen LogP contribution in [0.1, 0.15) is 70.9 Å². The minimum atomic E-state index is -1.56. The van der Waals surface area contributed by atoms with Crippen molar-refractivity contribution < 1.29 is 18.6 Å². The van der Waals surface area contributed by atoms with Crippen molar-refractivity contribution in [1.29, 1.82) is 0 Å². The quantitative estimate of drug-likeness (QED) is 0.0386. The van der Waals surface area contributed by atoms with Gasteiger partial charge in [0, 0.05) is 30.5 Å². The summed E-state index contributed by atoms with van der Waals surface area (Å²) in [5.41, 5.74) is 2.27. The Morgan fingerprint density at radius 3 is 2.05 bits per heavy atom. The summed E-state index contributed by atoms with van der Waals surface area (Å²) in [6.07, 6.45) is 0.870. The van der Waals surface area contributed by atoms with E-state index in [1.807, 2.05) is 54.6 Å². The molecule has 1 aliphatic rings. The third-order valence-corrected chi connectivity index (χ3v) is 11.8. The summed E-state index contributed by atoms with van der Waals surface area (Å²) in [4.78, 5) is 41.0. The maximum absolute atomic E-state index is 13.2. The zero-order chi connectivity index (χ0) is 39.8. The zero-order valence-corrected chi connectivity index (χ0v) is 33.6. The fourth-order valence-electron chi connectivity index (χ4n) is 7.20. The minimum Gasteiger partial charge on any atom is -0.351 e. The number of rotatable bonds is 17. The molecule has 0 bridgehead atoms. The molecule has 294 valence electrons. The maximum atomic E-state index is 13.2. The molecule has 1 unspecified atom stereocenters. The predicted octanol–water partition coefficient (Wildman–Crippen LogP) is 7.25. The van der Waals surface area contributed by atoms with Crippen LogP contribution in [0.25, 0.3) is 16.0 Å². The number of anilines is 1. The van der Waals surface area contributed by atoms with Crippen LogP contribution in [0.5, 0.6) is 0 Å². The Morgan fingerprint density at radius 1 is 0.964 bits per heavy atom. The van der Waals surface area contributed by atoms with Crippen LogP contribution in [0.2, 0.25) is 0 Å². The highest BCUT2D eigenvalue weighted by atomic mass is 31.2. The first-order valence-corrected chi connectivity index (χ1v) is 20.2. The molecular weight excluding hydrogens is 727 g/mol. The van der Waals surface area contributed by atoms with Crippen molar-refractivity contribution in [2.45, 2.75) is 84.0 Å².